The van der Waals surface area contributed by atoms with Gasteiger partial charge in [0.1, 0.15) is 17.3 Å². The highest BCUT2D eigenvalue weighted by Gasteiger charge is 2.47. The fourth-order valence-electron chi connectivity index (χ4n) is 4.29. The van der Waals surface area contributed by atoms with Gasteiger partial charge in [-0.3, -0.25) is 14.9 Å². The summed E-state index contributed by atoms with van der Waals surface area (Å²) in [6.45, 7) is 0. The number of fused-ring (bicyclic) bond motifs is 1. The number of carbonyl (C=O) groups is 1. The van der Waals surface area contributed by atoms with Crippen LogP contribution >= 0.6 is 39.1 Å². The average molecular weight is 671 g/mol. The van der Waals surface area contributed by atoms with E-state index in [1.165, 1.54) is 30.3 Å². The minimum atomic E-state index is -4.68. The summed E-state index contributed by atoms with van der Waals surface area (Å²) in [5, 5.41) is 21.3. The fraction of sp³-hybridized carbons (Fsp3) is 0.154. The molecule has 15 heteroatoms. The smallest absolute Gasteiger partial charge is 0.410 e. The monoisotopic (exact) mass is 669 g/mol. The van der Waals surface area contributed by atoms with Crippen molar-refractivity contribution in [3.63, 3.8) is 0 Å². The largest absolute Gasteiger partial charge is 0.457 e. The second-order valence-corrected chi connectivity index (χ2v) is 10.7. The summed E-state index contributed by atoms with van der Waals surface area (Å²) in [5.74, 6) is -0.480. The van der Waals surface area contributed by atoms with Crippen LogP contribution in [0, 0.1) is 10.1 Å². The van der Waals surface area contributed by atoms with E-state index in [4.69, 9.17) is 27.9 Å². The normalized spacial score (nSPS) is 16.4. The summed E-state index contributed by atoms with van der Waals surface area (Å²) in [6, 6.07) is 13.2. The third kappa shape index (κ3) is 6.42. The van der Waals surface area contributed by atoms with Gasteiger partial charge in [0.2, 0.25) is 0 Å². The Morgan fingerprint density at radius 2 is 1.80 bits per heavy atom. The first-order valence-electron chi connectivity index (χ1n) is 11.8. The number of nitrogens with zero attached hydrogens (tertiary/aromatic N) is 3. The van der Waals surface area contributed by atoms with Crippen molar-refractivity contribution in [1.82, 2.24) is 9.78 Å². The second-order valence-electron chi connectivity index (χ2n) is 9.01. The van der Waals surface area contributed by atoms with E-state index in [9.17, 15) is 28.1 Å². The number of nitro benzene ring substituents is 1. The van der Waals surface area contributed by atoms with Crippen LogP contribution in [-0.2, 0) is 0 Å². The minimum Gasteiger partial charge on any atom is -0.457 e. The minimum absolute atomic E-state index is 0.0173. The van der Waals surface area contributed by atoms with Crippen molar-refractivity contribution in [1.29, 1.82) is 0 Å². The quantitative estimate of drug-likeness (QED) is 0.157. The molecule has 212 valence electrons. The molecule has 1 aliphatic heterocycles. The van der Waals surface area contributed by atoms with Crippen molar-refractivity contribution >= 4 is 62.2 Å². The van der Waals surface area contributed by atoms with Gasteiger partial charge in [-0.15, -0.1) is 0 Å². The summed E-state index contributed by atoms with van der Waals surface area (Å²) >= 11 is 15.3. The number of anilines is 2. The van der Waals surface area contributed by atoms with Gasteiger partial charge in [-0.25, -0.2) is 4.68 Å². The number of nitro groups is 1. The van der Waals surface area contributed by atoms with Crippen molar-refractivity contribution < 1.29 is 27.6 Å². The Kier molecular flexibility index (Phi) is 7.86. The molecule has 41 heavy (non-hydrogen) atoms. The van der Waals surface area contributed by atoms with Gasteiger partial charge in [0.05, 0.1) is 32.8 Å². The zero-order chi connectivity index (χ0) is 29.5. The number of ether oxygens (including phenoxy) is 1. The SMILES string of the molecule is O=C(Nc1cc(Oc2ccc(Br)cc2)cc([N+](=O)[O-])c1)c1cc2n(n1)[C@H](C(F)(F)F)C[C@@H](c1ccc(Cl)c(Cl)c1)N2. The van der Waals surface area contributed by atoms with Crippen molar-refractivity contribution in [2.45, 2.75) is 24.7 Å². The highest BCUT2D eigenvalue weighted by molar-refractivity contribution is 9.10. The summed E-state index contributed by atoms with van der Waals surface area (Å²) in [7, 11) is 0. The van der Waals surface area contributed by atoms with Crippen LogP contribution in [0.25, 0.3) is 0 Å². The highest BCUT2D eigenvalue weighted by atomic mass is 79.9. The maximum Gasteiger partial charge on any atom is 0.410 e. The van der Waals surface area contributed by atoms with Crippen LogP contribution in [-0.4, -0.2) is 26.8 Å². The Hall–Kier alpha value is -3.81. The van der Waals surface area contributed by atoms with E-state index < -0.39 is 35.5 Å². The first kappa shape index (κ1) is 28.7. The Morgan fingerprint density at radius 3 is 2.46 bits per heavy atom. The Labute approximate surface area is 248 Å². The summed E-state index contributed by atoms with van der Waals surface area (Å²) in [6.07, 6.45) is -5.09. The molecule has 2 atom stereocenters. The molecule has 0 spiro atoms. The average Bonchev–Trinajstić information content (AvgIpc) is 3.35. The molecule has 1 aliphatic rings. The molecule has 1 amide bonds. The molecule has 5 rings (SSSR count). The third-order valence-electron chi connectivity index (χ3n) is 6.18. The molecule has 4 aromatic rings. The molecule has 0 unspecified atom stereocenters. The number of aromatic nitrogens is 2. The predicted molar refractivity (Wildman–Crippen MR) is 150 cm³/mol. The molecule has 0 radical (unpaired) electrons. The zero-order valence-corrected chi connectivity index (χ0v) is 23.6. The molecule has 0 bridgehead atoms. The van der Waals surface area contributed by atoms with Crippen molar-refractivity contribution in [2.75, 3.05) is 10.6 Å². The molecule has 0 aliphatic carbocycles. The number of carbonyl (C=O) groups excluding carboxylic acids is 1. The lowest BCUT2D eigenvalue weighted by Crippen LogP contribution is -2.35. The van der Waals surface area contributed by atoms with Crippen LogP contribution in [0.2, 0.25) is 10.0 Å². The lowest BCUT2D eigenvalue weighted by Gasteiger charge is -2.33. The van der Waals surface area contributed by atoms with E-state index in [2.05, 4.69) is 31.7 Å². The second kappa shape index (κ2) is 11.2. The first-order valence-corrected chi connectivity index (χ1v) is 13.3. The molecule has 0 fully saturated rings. The number of alkyl halides is 3. The zero-order valence-electron chi connectivity index (χ0n) is 20.5. The van der Waals surface area contributed by atoms with Gasteiger partial charge in [0, 0.05) is 29.1 Å². The molecule has 2 heterocycles. The molecular formula is C26H17BrCl2F3N5O4. The molecule has 2 N–H and O–H groups in total. The number of halogens is 6. The molecule has 3 aromatic carbocycles. The van der Waals surface area contributed by atoms with Crippen LogP contribution in [0.1, 0.15) is 34.6 Å². The van der Waals surface area contributed by atoms with Gasteiger partial charge < -0.3 is 15.4 Å². The van der Waals surface area contributed by atoms with Gasteiger partial charge in [0.25, 0.3) is 11.6 Å². The Balaban J connectivity index is 1.42. The maximum absolute atomic E-state index is 14.1. The van der Waals surface area contributed by atoms with Crippen LogP contribution < -0.4 is 15.4 Å². The van der Waals surface area contributed by atoms with Crippen LogP contribution in [0.5, 0.6) is 11.5 Å². The lowest BCUT2D eigenvalue weighted by atomic mass is 9.97. The van der Waals surface area contributed by atoms with E-state index >= 15 is 0 Å². The number of hydrogen-bond acceptors (Lipinski definition) is 6. The molecular weight excluding hydrogens is 654 g/mol. The van der Waals surface area contributed by atoms with Gasteiger partial charge in [-0.05, 0) is 42.0 Å². The standard InChI is InChI=1S/C26H17BrCl2F3N5O4/c27-14-2-4-17(5-3-14)41-18-9-15(8-16(10-18)37(39)40)33-25(38)22-12-24-34-21(13-1-6-19(28)20(29)7-13)11-23(26(30,31)32)36(24)35-22/h1-10,12,21,23,34H,11H2,(H,33,38)/t21-,23-/m0/s1. The van der Waals surface area contributed by atoms with Crippen molar-refractivity contribution in [3.8, 4) is 11.5 Å². The van der Waals surface area contributed by atoms with E-state index in [0.29, 0.717) is 16.0 Å². The van der Waals surface area contributed by atoms with Gasteiger partial charge >= 0.3 is 6.18 Å². The number of hydrogen-bond donors (Lipinski definition) is 2. The van der Waals surface area contributed by atoms with Crippen LogP contribution in [0.4, 0.5) is 30.4 Å². The van der Waals surface area contributed by atoms with Gasteiger partial charge in [-0.1, -0.05) is 45.2 Å². The lowest BCUT2D eigenvalue weighted by molar-refractivity contribution is -0.384. The van der Waals surface area contributed by atoms with Crippen molar-refractivity contribution in [2.24, 2.45) is 0 Å². The highest BCUT2D eigenvalue weighted by Crippen LogP contribution is 2.44. The Bertz CT molecular complexity index is 1650. The van der Waals surface area contributed by atoms with Gasteiger partial charge in [-0.2, -0.15) is 18.3 Å². The van der Waals surface area contributed by atoms with E-state index in [0.717, 1.165) is 10.5 Å². The Morgan fingerprint density at radius 1 is 1.07 bits per heavy atom. The van der Waals surface area contributed by atoms with Crippen LogP contribution in [0.15, 0.2) is 71.2 Å². The van der Waals surface area contributed by atoms with Gasteiger partial charge in [0.15, 0.2) is 11.7 Å². The molecule has 0 saturated carbocycles. The predicted octanol–water partition coefficient (Wildman–Crippen LogP) is 8.57. The maximum atomic E-state index is 14.1. The number of benzene rings is 3. The molecule has 0 saturated heterocycles. The first-order chi connectivity index (χ1) is 19.4. The summed E-state index contributed by atoms with van der Waals surface area (Å²) in [5.41, 5.74) is -0.251. The number of rotatable bonds is 6. The number of amides is 1. The van der Waals surface area contributed by atoms with Crippen molar-refractivity contribution in [3.05, 3.63) is 103 Å². The summed E-state index contributed by atoms with van der Waals surface area (Å²) < 4.78 is 49.4. The van der Waals surface area contributed by atoms with Crippen LogP contribution in [0.3, 0.4) is 0 Å². The van der Waals surface area contributed by atoms with E-state index in [1.54, 1.807) is 30.3 Å². The molecule has 1 aromatic heterocycles. The fourth-order valence-corrected chi connectivity index (χ4v) is 4.86. The van der Waals surface area contributed by atoms with E-state index in [1.807, 2.05) is 0 Å². The number of non-ortho nitro benzene ring substituents is 1. The van der Waals surface area contributed by atoms with E-state index in [-0.39, 0.29) is 38.7 Å². The topological polar surface area (TPSA) is 111 Å². The number of nitrogens with one attached hydrogen (secondary N) is 2. The third-order valence-corrected chi connectivity index (χ3v) is 7.45. The summed E-state index contributed by atoms with van der Waals surface area (Å²) in [4.78, 5) is 23.9. The molecule has 9 nitrogen and oxygen atoms in total.